The minimum absolute atomic E-state index is 0.241. The van der Waals surface area contributed by atoms with Crippen molar-refractivity contribution in [1.82, 2.24) is 10.3 Å². The zero-order valence-corrected chi connectivity index (χ0v) is 12.3. The Hall–Kier alpha value is -2.56. The van der Waals surface area contributed by atoms with Crippen LogP contribution >= 0.6 is 0 Å². The van der Waals surface area contributed by atoms with Gasteiger partial charge in [-0.3, -0.25) is 4.79 Å². The third kappa shape index (κ3) is 3.13. The molecule has 110 valence electrons. The van der Waals surface area contributed by atoms with Crippen LogP contribution in [0.25, 0.3) is 0 Å². The predicted molar refractivity (Wildman–Crippen MR) is 79.2 cm³/mol. The largest absolute Gasteiger partial charge is 0.465 e. The van der Waals surface area contributed by atoms with Crippen LogP contribution in [0.15, 0.2) is 30.3 Å². The summed E-state index contributed by atoms with van der Waals surface area (Å²) in [6, 6.07) is 9.63. The number of rotatable bonds is 4. The van der Waals surface area contributed by atoms with Gasteiger partial charge in [0.15, 0.2) is 0 Å². The molecule has 1 aromatic heterocycles. The Labute approximate surface area is 123 Å². The number of hydrogen-bond donors (Lipinski definition) is 2. The maximum absolute atomic E-state index is 12.2. The van der Waals surface area contributed by atoms with Crippen molar-refractivity contribution in [3.63, 3.8) is 0 Å². The number of hydrogen-bond acceptors (Lipinski definition) is 3. The SMILES string of the molecule is COC(=O)c1c(C)[nH]c(C(=O)NCc2ccccc2)c1C. The number of nitrogens with one attached hydrogen (secondary N) is 2. The molecule has 0 saturated heterocycles. The van der Waals surface area contributed by atoms with Crippen molar-refractivity contribution in [3.05, 3.63) is 58.4 Å². The molecule has 5 nitrogen and oxygen atoms in total. The maximum Gasteiger partial charge on any atom is 0.339 e. The van der Waals surface area contributed by atoms with Gasteiger partial charge in [0.25, 0.3) is 5.91 Å². The molecule has 0 atom stereocenters. The minimum Gasteiger partial charge on any atom is -0.465 e. The number of carbonyl (C=O) groups is 2. The van der Waals surface area contributed by atoms with Crippen LogP contribution in [0.1, 0.15) is 37.7 Å². The molecule has 2 N–H and O–H groups in total. The van der Waals surface area contributed by atoms with Gasteiger partial charge < -0.3 is 15.0 Å². The van der Waals surface area contributed by atoms with Crippen molar-refractivity contribution in [3.8, 4) is 0 Å². The van der Waals surface area contributed by atoms with Crippen LogP contribution in [0.2, 0.25) is 0 Å². The van der Waals surface area contributed by atoms with Gasteiger partial charge in [-0.05, 0) is 25.0 Å². The lowest BCUT2D eigenvalue weighted by Gasteiger charge is -2.05. The van der Waals surface area contributed by atoms with Gasteiger partial charge in [0.2, 0.25) is 0 Å². The van der Waals surface area contributed by atoms with E-state index in [2.05, 4.69) is 10.3 Å². The fourth-order valence-electron chi connectivity index (χ4n) is 2.25. The smallest absolute Gasteiger partial charge is 0.339 e. The van der Waals surface area contributed by atoms with Crippen molar-refractivity contribution in [2.45, 2.75) is 20.4 Å². The molecule has 0 radical (unpaired) electrons. The minimum atomic E-state index is -0.441. The quantitative estimate of drug-likeness (QED) is 0.847. The first-order chi connectivity index (χ1) is 10.0. The molecular formula is C16H18N2O3. The van der Waals surface area contributed by atoms with E-state index in [9.17, 15) is 9.59 Å². The Bertz CT molecular complexity index is 660. The Balaban J connectivity index is 2.15. The first kappa shape index (κ1) is 14.8. The highest BCUT2D eigenvalue weighted by Crippen LogP contribution is 2.18. The Morgan fingerprint density at radius 2 is 1.86 bits per heavy atom. The fourth-order valence-corrected chi connectivity index (χ4v) is 2.25. The number of aromatic amines is 1. The Morgan fingerprint density at radius 1 is 1.19 bits per heavy atom. The summed E-state index contributed by atoms with van der Waals surface area (Å²) in [5.74, 6) is -0.682. The summed E-state index contributed by atoms with van der Waals surface area (Å²) in [6.07, 6.45) is 0. The lowest BCUT2D eigenvalue weighted by Crippen LogP contribution is -2.24. The van der Waals surface area contributed by atoms with Gasteiger partial charge in [0, 0.05) is 12.2 Å². The third-order valence-corrected chi connectivity index (χ3v) is 3.35. The molecule has 21 heavy (non-hydrogen) atoms. The monoisotopic (exact) mass is 286 g/mol. The summed E-state index contributed by atoms with van der Waals surface area (Å²) < 4.78 is 4.73. The Kier molecular flexibility index (Phi) is 4.42. The number of aromatic nitrogens is 1. The van der Waals surface area contributed by atoms with Gasteiger partial charge in [-0.2, -0.15) is 0 Å². The molecule has 1 amide bonds. The van der Waals surface area contributed by atoms with E-state index in [0.717, 1.165) is 5.56 Å². The van der Waals surface area contributed by atoms with Crippen molar-refractivity contribution in [2.75, 3.05) is 7.11 Å². The number of esters is 1. The second-order valence-electron chi connectivity index (χ2n) is 4.78. The van der Waals surface area contributed by atoms with Crippen LogP contribution in [0.5, 0.6) is 0 Å². The van der Waals surface area contributed by atoms with Crippen LogP contribution in [-0.2, 0) is 11.3 Å². The van der Waals surface area contributed by atoms with Gasteiger partial charge in [0.05, 0.1) is 12.7 Å². The normalized spacial score (nSPS) is 10.2. The zero-order valence-electron chi connectivity index (χ0n) is 12.3. The molecule has 0 bridgehead atoms. The number of H-pyrrole nitrogens is 1. The van der Waals surface area contributed by atoms with E-state index < -0.39 is 5.97 Å². The second kappa shape index (κ2) is 6.26. The van der Waals surface area contributed by atoms with Crippen LogP contribution in [0.3, 0.4) is 0 Å². The molecule has 0 spiro atoms. The molecule has 1 heterocycles. The standard InChI is InChI=1S/C16H18N2O3/c1-10-13(16(20)21-3)11(2)18-14(10)15(19)17-9-12-7-5-4-6-8-12/h4-8,18H,9H2,1-3H3,(H,17,19). The number of ether oxygens (including phenoxy) is 1. The van der Waals surface area contributed by atoms with Crippen molar-refractivity contribution >= 4 is 11.9 Å². The van der Waals surface area contributed by atoms with Crippen LogP contribution in [-0.4, -0.2) is 24.0 Å². The van der Waals surface area contributed by atoms with E-state index in [4.69, 9.17) is 4.74 Å². The van der Waals surface area contributed by atoms with E-state index >= 15 is 0 Å². The molecule has 0 aliphatic rings. The average molecular weight is 286 g/mol. The van der Waals surface area contributed by atoms with Crippen molar-refractivity contribution in [2.24, 2.45) is 0 Å². The van der Waals surface area contributed by atoms with Gasteiger partial charge in [-0.1, -0.05) is 30.3 Å². The number of benzene rings is 1. The topological polar surface area (TPSA) is 71.2 Å². The first-order valence-corrected chi connectivity index (χ1v) is 6.64. The maximum atomic E-state index is 12.2. The fraction of sp³-hybridized carbons (Fsp3) is 0.250. The molecule has 0 aliphatic carbocycles. The van der Waals surface area contributed by atoms with Crippen LogP contribution in [0.4, 0.5) is 0 Å². The number of methoxy groups -OCH3 is 1. The molecule has 1 aromatic carbocycles. The molecule has 2 aromatic rings. The first-order valence-electron chi connectivity index (χ1n) is 6.64. The molecule has 0 unspecified atom stereocenters. The molecular weight excluding hydrogens is 268 g/mol. The van der Waals surface area contributed by atoms with Crippen molar-refractivity contribution < 1.29 is 14.3 Å². The predicted octanol–water partition coefficient (Wildman–Crippen LogP) is 2.35. The second-order valence-corrected chi connectivity index (χ2v) is 4.78. The Morgan fingerprint density at radius 3 is 2.48 bits per heavy atom. The summed E-state index contributed by atoms with van der Waals surface area (Å²) >= 11 is 0. The van der Waals surface area contributed by atoms with Gasteiger partial charge in [-0.25, -0.2) is 4.79 Å². The summed E-state index contributed by atoms with van der Waals surface area (Å²) in [6.45, 7) is 3.91. The molecule has 2 rings (SSSR count). The zero-order chi connectivity index (χ0) is 15.4. The van der Waals surface area contributed by atoms with E-state index in [1.807, 2.05) is 30.3 Å². The summed E-state index contributed by atoms with van der Waals surface area (Å²) in [5, 5.41) is 2.83. The van der Waals surface area contributed by atoms with E-state index in [1.165, 1.54) is 7.11 Å². The molecule has 0 aliphatic heterocycles. The lowest BCUT2D eigenvalue weighted by molar-refractivity contribution is 0.0599. The van der Waals surface area contributed by atoms with Crippen LogP contribution in [0, 0.1) is 13.8 Å². The van der Waals surface area contributed by atoms with Gasteiger partial charge >= 0.3 is 5.97 Å². The summed E-state index contributed by atoms with van der Waals surface area (Å²) in [5.41, 5.74) is 3.06. The van der Waals surface area contributed by atoms with Crippen LogP contribution < -0.4 is 5.32 Å². The average Bonchev–Trinajstić information content (AvgIpc) is 2.80. The van der Waals surface area contributed by atoms with Crippen molar-refractivity contribution in [1.29, 1.82) is 0 Å². The molecule has 0 fully saturated rings. The summed E-state index contributed by atoms with van der Waals surface area (Å²) in [4.78, 5) is 26.9. The number of carbonyl (C=O) groups excluding carboxylic acids is 2. The lowest BCUT2D eigenvalue weighted by atomic mass is 10.1. The van der Waals surface area contributed by atoms with E-state index in [1.54, 1.807) is 13.8 Å². The van der Waals surface area contributed by atoms with Gasteiger partial charge in [0.1, 0.15) is 5.69 Å². The molecule has 5 heteroatoms. The third-order valence-electron chi connectivity index (χ3n) is 3.35. The van der Waals surface area contributed by atoms with Gasteiger partial charge in [-0.15, -0.1) is 0 Å². The van der Waals surface area contributed by atoms with E-state index in [0.29, 0.717) is 29.1 Å². The highest BCUT2D eigenvalue weighted by atomic mass is 16.5. The number of amides is 1. The summed E-state index contributed by atoms with van der Waals surface area (Å²) in [7, 11) is 1.32. The highest BCUT2D eigenvalue weighted by Gasteiger charge is 2.22. The molecule has 0 saturated carbocycles. The number of aryl methyl sites for hydroxylation is 1. The highest BCUT2D eigenvalue weighted by molar-refractivity contribution is 6.00. The van der Waals surface area contributed by atoms with E-state index in [-0.39, 0.29) is 5.91 Å².